The number of hydrogen-bond donors (Lipinski definition) is 0. The average molecular weight is 352 g/mol. The Labute approximate surface area is 121 Å². The minimum Gasteiger partial charge on any atom is -0.362 e. The van der Waals surface area contributed by atoms with Gasteiger partial charge in [-0.2, -0.15) is 30.0 Å². The van der Waals surface area contributed by atoms with Gasteiger partial charge in [0.25, 0.3) is 0 Å². The number of alkyl halides is 3. The molecule has 0 radical (unpaired) electrons. The fourth-order valence-electron chi connectivity index (χ4n) is 1.67. The van der Waals surface area contributed by atoms with Gasteiger partial charge in [0.05, 0.1) is 6.67 Å². The van der Waals surface area contributed by atoms with Crippen LogP contribution < -0.4 is 0 Å². The van der Waals surface area contributed by atoms with Crippen LogP contribution in [-0.4, -0.2) is 51.2 Å². The second-order valence-corrected chi connectivity index (χ2v) is 7.86. The van der Waals surface area contributed by atoms with E-state index in [0.717, 1.165) is 0 Å². The Morgan fingerprint density at radius 2 is 1.81 bits per heavy atom. The molecule has 0 saturated carbocycles. The fourth-order valence-corrected chi connectivity index (χ4v) is 4.33. The molecule has 1 aliphatic heterocycles. The average Bonchev–Trinajstić information content (AvgIpc) is 2.69. The SMILES string of the molecule is CCCC(N1C=CN(C)C1)S(=O)(=O)OS(=O)(=O)C(F)(F)F. The minimum absolute atomic E-state index is 0.0755. The summed E-state index contributed by atoms with van der Waals surface area (Å²) in [4.78, 5) is 2.78. The Hall–Kier alpha value is -1.01. The van der Waals surface area contributed by atoms with Gasteiger partial charge < -0.3 is 9.80 Å². The predicted molar refractivity (Wildman–Crippen MR) is 67.3 cm³/mol. The molecule has 0 aromatic rings. The highest BCUT2D eigenvalue weighted by atomic mass is 32.3. The quantitative estimate of drug-likeness (QED) is 0.659. The van der Waals surface area contributed by atoms with Crippen LogP contribution in [0.1, 0.15) is 19.8 Å². The third-order valence-corrected chi connectivity index (χ3v) is 5.82. The van der Waals surface area contributed by atoms with Crippen molar-refractivity contribution in [1.29, 1.82) is 0 Å². The van der Waals surface area contributed by atoms with E-state index >= 15 is 0 Å². The van der Waals surface area contributed by atoms with Crippen LogP contribution in [0, 0.1) is 0 Å². The van der Waals surface area contributed by atoms with Gasteiger partial charge in [-0.15, -0.1) is 3.63 Å². The third kappa shape index (κ3) is 4.23. The van der Waals surface area contributed by atoms with Crippen LogP contribution in [0.4, 0.5) is 13.2 Å². The van der Waals surface area contributed by atoms with E-state index in [1.807, 2.05) is 0 Å². The normalized spacial score (nSPS) is 18.3. The first-order valence-corrected chi connectivity index (χ1v) is 8.69. The van der Waals surface area contributed by atoms with Crippen molar-refractivity contribution in [2.75, 3.05) is 13.7 Å². The third-order valence-electron chi connectivity index (χ3n) is 2.61. The summed E-state index contributed by atoms with van der Waals surface area (Å²) < 4.78 is 85.7. The van der Waals surface area contributed by atoms with Gasteiger partial charge in [0.2, 0.25) is 0 Å². The number of rotatable bonds is 6. The lowest BCUT2D eigenvalue weighted by molar-refractivity contribution is -0.0499. The molecule has 124 valence electrons. The summed E-state index contributed by atoms with van der Waals surface area (Å²) in [5.74, 6) is 0. The zero-order valence-electron chi connectivity index (χ0n) is 11.2. The highest BCUT2D eigenvalue weighted by Gasteiger charge is 2.51. The molecule has 0 aromatic carbocycles. The number of nitrogens with zero attached hydrogens (tertiary/aromatic N) is 2. The first kappa shape index (κ1) is 18.0. The summed E-state index contributed by atoms with van der Waals surface area (Å²) in [5, 5.41) is -1.51. The maximum atomic E-state index is 12.2. The molecular weight excluding hydrogens is 337 g/mol. The van der Waals surface area contributed by atoms with E-state index in [0.29, 0.717) is 6.42 Å². The van der Waals surface area contributed by atoms with Crippen molar-refractivity contribution in [3.05, 3.63) is 12.4 Å². The molecule has 1 heterocycles. The van der Waals surface area contributed by atoms with Gasteiger partial charge in [0.15, 0.2) is 5.37 Å². The zero-order valence-corrected chi connectivity index (χ0v) is 12.9. The van der Waals surface area contributed by atoms with Gasteiger partial charge in [-0.3, -0.25) is 0 Å². The topological polar surface area (TPSA) is 84.0 Å². The van der Waals surface area contributed by atoms with Gasteiger partial charge in [0, 0.05) is 19.4 Å². The molecule has 0 amide bonds. The molecule has 0 spiro atoms. The summed E-state index contributed by atoms with van der Waals surface area (Å²) in [6, 6.07) is 0. The van der Waals surface area contributed by atoms with E-state index in [1.165, 1.54) is 17.3 Å². The smallest absolute Gasteiger partial charge is 0.362 e. The Bertz CT molecular complexity index is 599. The largest absolute Gasteiger partial charge is 0.524 e. The molecule has 0 aliphatic carbocycles. The van der Waals surface area contributed by atoms with Crippen molar-refractivity contribution >= 4 is 20.2 Å². The van der Waals surface area contributed by atoms with Gasteiger partial charge in [-0.25, -0.2) is 0 Å². The Morgan fingerprint density at radius 1 is 1.24 bits per heavy atom. The summed E-state index contributed by atoms with van der Waals surface area (Å²) in [6.45, 7) is 1.71. The van der Waals surface area contributed by atoms with Gasteiger partial charge in [0.1, 0.15) is 0 Å². The van der Waals surface area contributed by atoms with Crippen LogP contribution >= 0.6 is 0 Å². The Balaban J connectivity index is 3.05. The van der Waals surface area contributed by atoms with Crippen molar-refractivity contribution in [2.24, 2.45) is 0 Å². The highest BCUT2D eigenvalue weighted by Crippen LogP contribution is 2.29. The predicted octanol–water partition coefficient (Wildman–Crippen LogP) is 0.985. The van der Waals surface area contributed by atoms with E-state index in [9.17, 15) is 30.0 Å². The lowest BCUT2D eigenvalue weighted by Crippen LogP contribution is -2.42. The zero-order chi connectivity index (χ0) is 16.5. The molecule has 0 fully saturated rings. The van der Waals surface area contributed by atoms with Crippen LogP contribution in [0.15, 0.2) is 12.4 Å². The minimum atomic E-state index is -6.21. The molecular formula is C9H15F3N2O5S2. The van der Waals surface area contributed by atoms with E-state index in [1.54, 1.807) is 18.9 Å². The second-order valence-electron chi connectivity index (χ2n) is 4.41. The molecule has 0 aromatic heterocycles. The molecule has 21 heavy (non-hydrogen) atoms. The maximum absolute atomic E-state index is 12.2. The van der Waals surface area contributed by atoms with Crippen molar-refractivity contribution < 1.29 is 33.6 Å². The second kappa shape index (κ2) is 6.01. The lowest BCUT2D eigenvalue weighted by Gasteiger charge is -2.27. The molecule has 0 N–H and O–H groups in total. The molecule has 1 atom stereocenters. The Morgan fingerprint density at radius 3 is 2.19 bits per heavy atom. The van der Waals surface area contributed by atoms with E-state index < -0.39 is 31.1 Å². The first-order chi connectivity index (χ1) is 9.40. The van der Waals surface area contributed by atoms with E-state index in [2.05, 4.69) is 3.63 Å². The maximum Gasteiger partial charge on any atom is 0.524 e. The van der Waals surface area contributed by atoms with Gasteiger partial charge in [-0.05, 0) is 6.42 Å². The lowest BCUT2D eigenvalue weighted by atomic mass is 10.3. The number of hydrogen-bond acceptors (Lipinski definition) is 7. The monoisotopic (exact) mass is 352 g/mol. The van der Waals surface area contributed by atoms with Crippen LogP contribution in [0.3, 0.4) is 0 Å². The van der Waals surface area contributed by atoms with Crippen LogP contribution in [0.25, 0.3) is 0 Å². The summed E-state index contributed by atoms with van der Waals surface area (Å²) in [5.41, 5.74) is -5.80. The van der Waals surface area contributed by atoms with Crippen LogP contribution in [0.5, 0.6) is 0 Å². The van der Waals surface area contributed by atoms with E-state index in [4.69, 9.17) is 0 Å². The van der Waals surface area contributed by atoms with E-state index in [-0.39, 0.29) is 13.1 Å². The summed E-state index contributed by atoms with van der Waals surface area (Å²) >= 11 is 0. The van der Waals surface area contributed by atoms with Crippen LogP contribution in [0.2, 0.25) is 0 Å². The summed E-state index contributed by atoms with van der Waals surface area (Å²) in [6.07, 6.45) is 3.10. The molecule has 7 nitrogen and oxygen atoms in total. The molecule has 12 heteroatoms. The van der Waals surface area contributed by atoms with Crippen molar-refractivity contribution in [2.45, 2.75) is 30.6 Å². The number of halogens is 3. The first-order valence-electron chi connectivity index (χ1n) is 5.81. The molecule has 0 saturated heterocycles. The Kier molecular flexibility index (Phi) is 5.16. The molecule has 0 bridgehead atoms. The van der Waals surface area contributed by atoms with Gasteiger partial charge in [-0.1, -0.05) is 13.3 Å². The van der Waals surface area contributed by atoms with Crippen molar-refractivity contribution in [3.8, 4) is 0 Å². The fraction of sp³-hybridized carbons (Fsp3) is 0.778. The summed E-state index contributed by atoms with van der Waals surface area (Å²) in [7, 11) is -9.58. The molecule has 1 aliphatic rings. The molecule has 1 rings (SSSR count). The van der Waals surface area contributed by atoms with Crippen LogP contribution in [-0.2, 0) is 23.9 Å². The van der Waals surface area contributed by atoms with Crippen molar-refractivity contribution in [1.82, 2.24) is 9.80 Å². The highest BCUT2D eigenvalue weighted by molar-refractivity contribution is 8.00. The standard InChI is InChI=1S/C9H15F3N2O5S2/c1-3-4-8(14-6-5-13(2)7-14)20(15,16)19-21(17,18)9(10,11)12/h5-6,8H,3-4,7H2,1-2H3. The van der Waals surface area contributed by atoms with Gasteiger partial charge >= 0.3 is 25.7 Å². The van der Waals surface area contributed by atoms with Crippen molar-refractivity contribution in [3.63, 3.8) is 0 Å². The molecule has 1 unspecified atom stereocenters.